The van der Waals surface area contributed by atoms with E-state index in [1.54, 1.807) is 4.90 Å². The molecule has 1 heterocycles. The van der Waals surface area contributed by atoms with E-state index in [-0.39, 0.29) is 17.7 Å². The molecule has 1 aliphatic heterocycles. The average Bonchev–Trinajstić information content (AvgIpc) is 2.80. The predicted octanol–water partition coefficient (Wildman–Crippen LogP) is 4.40. The Morgan fingerprint density at radius 3 is 2.60 bits per heavy atom. The molecule has 0 aromatic heterocycles. The van der Waals surface area contributed by atoms with Crippen LogP contribution in [0.5, 0.6) is 0 Å². The number of hydrogen-bond donors (Lipinski definition) is 1. The quantitative estimate of drug-likeness (QED) is 0.709. The first-order chi connectivity index (χ1) is 14.7. The minimum atomic E-state index is -0.239. The SMILES string of the molecule is N#CCc1ccc(NC(=O)C2CCCN(C(=O)c3cccc4ccccc34)C2)cc1. The number of likely N-dealkylation sites (tertiary alicyclic amines) is 1. The topological polar surface area (TPSA) is 73.2 Å². The Kier molecular flexibility index (Phi) is 5.76. The molecule has 1 N–H and O–H groups in total. The lowest BCUT2D eigenvalue weighted by atomic mass is 9.95. The summed E-state index contributed by atoms with van der Waals surface area (Å²) in [6.45, 7) is 1.08. The van der Waals surface area contributed by atoms with E-state index in [4.69, 9.17) is 5.26 Å². The third-order valence-electron chi connectivity index (χ3n) is 5.60. The third kappa shape index (κ3) is 4.18. The zero-order chi connectivity index (χ0) is 20.9. The first-order valence-corrected chi connectivity index (χ1v) is 10.2. The molecule has 150 valence electrons. The van der Waals surface area contributed by atoms with Crippen molar-refractivity contribution in [3.05, 3.63) is 77.9 Å². The normalized spacial score (nSPS) is 16.1. The van der Waals surface area contributed by atoms with E-state index >= 15 is 0 Å². The van der Waals surface area contributed by atoms with Crippen LogP contribution >= 0.6 is 0 Å². The van der Waals surface area contributed by atoms with E-state index in [1.807, 2.05) is 66.7 Å². The van der Waals surface area contributed by atoms with Crippen molar-refractivity contribution in [2.45, 2.75) is 19.3 Å². The fraction of sp³-hybridized carbons (Fsp3) is 0.240. The highest BCUT2D eigenvalue weighted by molar-refractivity contribution is 6.07. The van der Waals surface area contributed by atoms with Crippen molar-refractivity contribution in [3.8, 4) is 6.07 Å². The van der Waals surface area contributed by atoms with Gasteiger partial charge in [0.2, 0.25) is 5.91 Å². The van der Waals surface area contributed by atoms with Gasteiger partial charge in [-0.05, 0) is 47.4 Å². The van der Waals surface area contributed by atoms with Crippen molar-refractivity contribution >= 4 is 28.3 Å². The summed E-state index contributed by atoms with van der Waals surface area (Å²) in [6.07, 6.45) is 1.91. The van der Waals surface area contributed by atoms with E-state index in [9.17, 15) is 9.59 Å². The average molecular weight is 397 g/mol. The Bertz CT molecular complexity index is 1110. The molecule has 0 spiro atoms. The highest BCUT2D eigenvalue weighted by atomic mass is 16.2. The Hall–Kier alpha value is -3.65. The molecular formula is C25H23N3O2. The van der Waals surface area contributed by atoms with E-state index in [0.29, 0.717) is 30.8 Å². The summed E-state index contributed by atoms with van der Waals surface area (Å²) in [7, 11) is 0. The highest BCUT2D eigenvalue weighted by Gasteiger charge is 2.29. The van der Waals surface area contributed by atoms with E-state index in [1.165, 1.54) is 0 Å². The third-order valence-corrected chi connectivity index (χ3v) is 5.60. The number of carbonyl (C=O) groups excluding carboxylic acids is 2. The zero-order valence-corrected chi connectivity index (χ0v) is 16.7. The van der Waals surface area contributed by atoms with E-state index < -0.39 is 0 Å². The van der Waals surface area contributed by atoms with Crippen LogP contribution < -0.4 is 5.32 Å². The molecule has 4 rings (SSSR count). The summed E-state index contributed by atoms with van der Waals surface area (Å²) in [5.74, 6) is -0.333. The van der Waals surface area contributed by atoms with E-state index in [2.05, 4.69) is 11.4 Å². The number of nitrogens with one attached hydrogen (secondary N) is 1. The first kappa shape index (κ1) is 19.7. The van der Waals surface area contributed by atoms with E-state index in [0.717, 1.165) is 29.2 Å². The monoisotopic (exact) mass is 397 g/mol. The Balaban J connectivity index is 1.45. The van der Waals surface area contributed by atoms with Crippen LogP contribution in [0.4, 0.5) is 5.69 Å². The van der Waals surface area contributed by atoms with Crippen molar-refractivity contribution in [1.82, 2.24) is 4.90 Å². The summed E-state index contributed by atoms with van der Waals surface area (Å²) in [5, 5.41) is 13.7. The standard InChI is InChI=1S/C25H23N3O2/c26-15-14-18-10-12-21(13-11-18)27-24(29)20-7-4-16-28(17-20)25(30)23-9-3-6-19-5-1-2-8-22(19)23/h1-3,5-6,8-13,20H,4,7,14,16-17H2,(H,27,29). The molecule has 1 unspecified atom stereocenters. The lowest BCUT2D eigenvalue weighted by Gasteiger charge is -2.32. The molecular weight excluding hydrogens is 374 g/mol. The minimum absolute atomic E-state index is 0.0230. The largest absolute Gasteiger partial charge is 0.338 e. The smallest absolute Gasteiger partial charge is 0.254 e. The van der Waals surface area contributed by atoms with Gasteiger partial charge in [0.05, 0.1) is 18.4 Å². The van der Waals surface area contributed by atoms with Crippen LogP contribution in [0, 0.1) is 17.2 Å². The maximum atomic E-state index is 13.2. The number of rotatable bonds is 4. The number of benzene rings is 3. The maximum Gasteiger partial charge on any atom is 0.254 e. The fourth-order valence-corrected chi connectivity index (χ4v) is 4.00. The summed E-state index contributed by atoms with van der Waals surface area (Å²) in [5.41, 5.74) is 2.31. The Morgan fingerprint density at radius 2 is 1.80 bits per heavy atom. The molecule has 3 aromatic carbocycles. The van der Waals surface area contributed by atoms with Gasteiger partial charge < -0.3 is 10.2 Å². The van der Waals surface area contributed by atoms with Crippen molar-refractivity contribution in [3.63, 3.8) is 0 Å². The molecule has 1 saturated heterocycles. The summed E-state index contributed by atoms with van der Waals surface area (Å²) >= 11 is 0. The van der Waals surface area contributed by atoms with Crippen LogP contribution in [0.15, 0.2) is 66.7 Å². The number of nitriles is 1. The second kappa shape index (κ2) is 8.79. The number of piperidine rings is 1. The molecule has 3 aromatic rings. The van der Waals surface area contributed by atoms with Crippen LogP contribution in [0.3, 0.4) is 0 Å². The van der Waals surface area contributed by atoms with Gasteiger partial charge in [-0.25, -0.2) is 0 Å². The minimum Gasteiger partial charge on any atom is -0.338 e. The van der Waals surface area contributed by atoms with Crippen LogP contribution in [-0.2, 0) is 11.2 Å². The number of carbonyl (C=O) groups is 2. The van der Waals surface area contributed by atoms with Crippen LogP contribution in [0.2, 0.25) is 0 Å². The number of hydrogen-bond acceptors (Lipinski definition) is 3. The second-order valence-corrected chi connectivity index (χ2v) is 7.64. The maximum absolute atomic E-state index is 13.2. The molecule has 0 bridgehead atoms. The Morgan fingerprint density at radius 1 is 1.03 bits per heavy atom. The van der Waals surface area contributed by atoms with Gasteiger partial charge >= 0.3 is 0 Å². The Labute approximate surface area is 175 Å². The molecule has 30 heavy (non-hydrogen) atoms. The van der Waals surface area contributed by atoms with Gasteiger partial charge in [-0.1, -0.05) is 48.5 Å². The van der Waals surface area contributed by atoms with Crippen molar-refractivity contribution in [2.75, 3.05) is 18.4 Å². The second-order valence-electron chi connectivity index (χ2n) is 7.64. The predicted molar refractivity (Wildman–Crippen MR) is 117 cm³/mol. The van der Waals surface area contributed by atoms with Crippen LogP contribution in [0.1, 0.15) is 28.8 Å². The van der Waals surface area contributed by atoms with Crippen LogP contribution in [0.25, 0.3) is 10.8 Å². The summed E-state index contributed by atoms with van der Waals surface area (Å²) < 4.78 is 0. The van der Waals surface area contributed by atoms with Crippen molar-refractivity contribution in [1.29, 1.82) is 5.26 Å². The molecule has 1 fully saturated rings. The molecule has 0 aliphatic carbocycles. The van der Waals surface area contributed by atoms with Gasteiger partial charge in [-0.2, -0.15) is 5.26 Å². The summed E-state index contributed by atoms with van der Waals surface area (Å²) in [4.78, 5) is 27.8. The number of nitrogens with zero attached hydrogens (tertiary/aromatic N) is 2. The molecule has 5 heteroatoms. The number of amides is 2. The van der Waals surface area contributed by atoms with Gasteiger partial charge in [0.25, 0.3) is 5.91 Å². The highest BCUT2D eigenvalue weighted by Crippen LogP contribution is 2.24. The summed E-state index contributed by atoms with van der Waals surface area (Å²) in [6, 6.07) is 23.0. The lowest BCUT2D eigenvalue weighted by Crippen LogP contribution is -2.43. The fourth-order valence-electron chi connectivity index (χ4n) is 4.00. The molecule has 5 nitrogen and oxygen atoms in total. The molecule has 1 atom stereocenters. The van der Waals surface area contributed by atoms with Gasteiger partial charge in [0.15, 0.2) is 0 Å². The number of anilines is 1. The first-order valence-electron chi connectivity index (χ1n) is 10.2. The molecule has 1 aliphatic rings. The van der Waals surface area contributed by atoms with Crippen LogP contribution in [-0.4, -0.2) is 29.8 Å². The molecule has 2 amide bonds. The van der Waals surface area contributed by atoms with Gasteiger partial charge in [0.1, 0.15) is 0 Å². The van der Waals surface area contributed by atoms with Gasteiger partial charge in [0, 0.05) is 24.3 Å². The van der Waals surface area contributed by atoms with Crippen molar-refractivity contribution in [2.24, 2.45) is 5.92 Å². The lowest BCUT2D eigenvalue weighted by molar-refractivity contribution is -0.121. The van der Waals surface area contributed by atoms with Gasteiger partial charge in [-0.3, -0.25) is 9.59 Å². The van der Waals surface area contributed by atoms with Crippen molar-refractivity contribution < 1.29 is 9.59 Å². The van der Waals surface area contributed by atoms with Gasteiger partial charge in [-0.15, -0.1) is 0 Å². The number of fused-ring (bicyclic) bond motifs is 1. The molecule has 0 saturated carbocycles. The molecule has 0 radical (unpaired) electrons. The zero-order valence-electron chi connectivity index (χ0n) is 16.7.